The van der Waals surface area contributed by atoms with E-state index in [4.69, 9.17) is 0 Å². The number of rotatable bonds is 4. The third kappa shape index (κ3) is 4.59. The molecule has 176 valence electrons. The first kappa shape index (κ1) is 21.9. The molecule has 0 bridgehead atoms. The predicted octanol–water partition coefficient (Wildman–Crippen LogP) is 3.10. The van der Waals surface area contributed by atoms with Crippen molar-refractivity contribution in [3.05, 3.63) is 59.7 Å². The molecule has 0 saturated carbocycles. The van der Waals surface area contributed by atoms with Crippen LogP contribution in [0.3, 0.4) is 0 Å². The highest BCUT2D eigenvalue weighted by Gasteiger charge is 2.42. The van der Waals surface area contributed by atoms with Gasteiger partial charge in [-0.15, -0.1) is 13.2 Å². The quantitative estimate of drug-likeness (QED) is 0.591. The maximum absolute atomic E-state index is 12.9. The summed E-state index contributed by atoms with van der Waals surface area (Å²) in [6.07, 6.45) is -1.77. The summed E-state index contributed by atoms with van der Waals surface area (Å²) in [7, 11) is 0. The molecule has 5 rings (SSSR count). The van der Waals surface area contributed by atoms with Gasteiger partial charge in [0.05, 0.1) is 0 Å². The average Bonchev–Trinajstić information content (AvgIpc) is 3.51. The van der Waals surface area contributed by atoms with Crippen molar-refractivity contribution in [2.45, 2.75) is 6.36 Å². The Balaban J connectivity index is 1.15. The number of alkyl halides is 3. The van der Waals surface area contributed by atoms with Crippen molar-refractivity contribution in [1.29, 1.82) is 0 Å². The monoisotopic (exact) mass is 471 g/mol. The zero-order valence-electron chi connectivity index (χ0n) is 17.8. The van der Waals surface area contributed by atoms with E-state index >= 15 is 0 Å². The Kier molecular flexibility index (Phi) is 5.46. The summed E-state index contributed by atoms with van der Waals surface area (Å²) in [5.41, 5.74) is 2.48. The number of likely N-dealkylation sites (tertiary alicyclic amines) is 2. The van der Waals surface area contributed by atoms with E-state index in [-0.39, 0.29) is 29.4 Å². The number of hydrogen-bond donors (Lipinski definition) is 1. The molecule has 2 aliphatic heterocycles. The molecule has 1 aromatic heterocycles. The van der Waals surface area contributed by atoms with Gasteiger partial charge in [0.25, 0.3) is 5.91 Å². The number of aromatic nitrogens is 3. The molecule has 2 saturated heterocycles. The first-order valence-electron chi connectivity index (χ1n) is 10.7. The summed E-state index contributed by atoms with van der Waals surface area (Å²) in [6, 6.07) is 10.5. The van der Waals surface area contributed by atoms with Gasteiger partial charge in [-0.3, -0.25) is 9.59 Å². The molecule has 0 radical (unpaired) electrons. The third-order valence-electron chi connectivity index (χ3n) is 6.18. The molecule has 2 fully saturated rings. The Bertz CT molecular complexity index is 1240. The summed E-state index contributed by atoms with van der Waals surface area (Å²) in [4.78, 5) is 29.1. The normalized spacial score (nSPS) is 20.3. The minimum Gasteiger partial charge on any atom is -0.406 e. The molecule has 0 aliphatic carbocycles. The maximum atomic E-state index is 12.9. The van der Waals surface area contributed by atoms with Gasteiger partial charge in [0, 0.05) is 49.7 Å². The van der Waals surface area contributed by atoms with E-state index in [0.717, 1.165) is 0 Å². The van der Waals surface area contributed by atoms with Gasteiger partial charge in [0.2, 0.25) is 5.91 Å². The highest BCUT2D eigenvalue weighted by atomic mass is 19.4. The fourth-order valence-corrected chi connectivity index (χ4v) is 4.55. The molecular formula is C23H20F3N5O3. The second kappa shape index (κ2) is 8.47. The second-order valence-electron chi connectivity index (χ2n) is 8.45. The lowest BCUT2D eigenvalue weighted by Crippen LogP contribution is -2.35. The summed E-state index contributed by atoms with van der Waals surface area (Å²) in [5, 5.41) is 10.6. The average molecular weight is 471 g/mol. The van der Waals surface area contributed by atoms with Gasteiger partial charge in [0.15, 0.2) is 0 Å². The molecular weight excluding hydrogens is 451 g/mol. The Morgan fingerprint density at radius 1 is 0.941 bits per heavy atom. The molecule has 1 N–H and O–H groups in total. The van der Waals surface area contributed by atoms with Crippen LogP contribution >= 0.6 is 0 Å². The van der Waals surface area contributed by atoms with Gasteiger partial charge in [-0.25, -0.2) is 0 Å². The largest absolute Gasteiger partial charge is 0.573 e. The molecule has 2 aromatic carbocycles. The number of halogens is 3. The summed E-state index contributed by atoms with van der Waals surface area (Å²) in [6.45, 7) is 2.26. The van der Waals surface area contributed by atoms with Crippen molar-refractivity contribution < 1.29 is 27.5 Å². The zero-order chi connectivity index (χ0) is 23.9. The molecule has 2 amide bonds. The Morgan fingerprint density at radius 3 is 2.26 bits per heavy atom. The van der Waals surface area contributed by atoms with Crippen LogP contribution < -0.4 is 4.74 Å². The maximum Gasteiger partial charge on any atom is 0.573 e. The number of carbonyl (C=O) groups is 2. The fraction of sp³-hybridized carbons (Fsp3) is 0.304. The van der Waals surface area contributed by atoms with Gasteiger partial charge >= 0.3 is 6.36 Å². The van der Waals surface area contributed by atoms with Gasteiger partial charge in [0.1, 0.15) is 16.8 Å². The van der Waals surface area contributed by atoms with Crippen LogP contribution in [0.4, 0.5) is 13.2 Å². The lowest BCUT2D eigenvalue weighted by molar-refractivity contribution is -0.274. The number of hydrogen-bond acceptors (Lipinski definition) is 5. The lowest BCUT2D eigenvalue weighted by Gasteiger charge is -2.21. The number of ether oxygens (including phenoxy) is 1. The summed E-state index contributed by atoms with van der Waals surface area (Å²) < 4.78 is 40.6. The summed E-state index contributed by atoms with van der Waals surface area (Å²) in [5.74, 6) is -0.135. The topological polar surface area (TPSA) is 91.4 Å². The number of H-pyrrole nitrogens is 1. The van der Waals surface area contributed by atoms with E-state index in [2.05, 4.69) is 20.1 Å². The van der Waals surface area contributed by atoms with Crippen LogP contribution in [0.2, 0.25) is 0 Å². The van der Waals surface area contributed by atoms with Gasteiger partial charge in [-0.05, 0) is 42.0 Å². The number of nitrogens with one attached hydrogen (secondary N) is 1. The molecule has 8 nitrogen and oxygen atoms in total. The molecule has 0 spiro atoms. The van der Waals surface area contributed by atoms with Crippen LogP contribution in [-0.2, 0) is 4.79 Å². The van der Waals surface area contributed by atoms with E-state index in [1.54, 1.807) is 29.2 Å². The number of carbonyl (C=O) groups excluding carboxylic acids is 2. The van der Waals surface area contributed by atoms with Crippen molar-refractivity contribution in [1.82, 2.24) is 25.2 Å². The van der Waals surface area contributed by atoms with E-state index in [1.165, 1.54) is 30.3 Å². The Morgan fingerprint density at radius 2 is 1.59 bits per heavy atom. The van der Waals surface area contributed by atoms with Crippen molar-refractivity contribution in [2.75, 3.05) is 26.2 Å². The number of nitrogens with zero attached hydrogens (tertiary/aromatic N) is 4. The Hall–Kier alpha value is -3.89. The van der Waals surface area contributed by atoms with Crippen LogP contribution in [0.5, 0.6) is 5.75 Å². The van der Waals surface area contributed by atoms with Crippen LogP contribution in [0.25, 0.3) is 17.1 Å². The van der Waals surface area contributed by atoms with Gasteiger partial charge in [-0.1, -0.05) is 12.1 Å². The first-order valence-corrected chi connectivity index (χ1v) is 10.7. The molecule has 2 atom stereocenters. The third-order valence-corrected chi connectivity index (χ3v) is 6.18. The van der Waals surface area contributed by atoms with Crippen molar-refractivity contribution in [2.24, 2.45) is 11.8 Å². The predicted molar refractivity (Wildman–Crippen MR) is 116 cm³/mol. The van der Waals surface area contributed by atoms with E-state index in [0.29, 0.717) is 48.3 Å². The van der Waals surface area contributed by atoms with Gasteiger partial charge in [-0.2, -0.15) is 15.4 Å². The smallest absolute Gasteiger partial charge is 0.406 e. The van der Waals surface area contributed by atoms with Crippen LogP contribution in [0, 0.1) is 11.8 Å². The van der Waals surface area contributed by atoms with Crippen molar-refractivity contribution in [3.63, 3.8) is 0 Å². The molecule has 2 aliphatic rings. The van der Waals surface area contributed by atoms with Crippen LogP contribution in [0.15, 0.2) is 48.5 Å². The van der Waals surface area contributed by atoms with Gasteiger partial charge < -0.3 is 14.5 Å². The molecule has 34 heavy (non-hydrogen) atoms. The van der Waals surface area contributed by atoms with Crippen LogP contribution in [-0.4, -0.2) is 69.6 Å². The SMILES string of the molecule is O=C(/C=C/c1ccc(OC(F)(F)F)cc1)N1CC2CN(C(=O)c3ccc4n[nH]nc4c3)CC2C1. The first-order chi connectivity index (χ1) is 16.2. The molecule has 11 heteroatoms. The second-order valence-corrected chi connectivity index (χ2v) is 8.45. The summed E-state index contributed by atoms with van der Waals surface area (Å²) >= 11 is 0. The Labute approximate surface area is 192 Å². The van der Waals surface area contributed by atoms with Crippen molar-refractivity contribution >= 4 is 28.9 Å². The molecule has 2 unspecified atom stereocenters. The zero-order valence-corrected chi connectivity index (χ0v) is 17.8. The standard InChI is InChI=1S/C23H20F3N5O3/c24-23(25,26)34-18-5-1-14(2-6-18)3-8-21(32)30-10-16-12-31(13-17(16)11-30)22(33)15-4-7-19-20(9-15)28-29-27-19/h1-9,16-17H,10-13H2,(H,27,28,29)/b8-3+. The van der Waals surface area contributed by atoms with Crippen LogP contribution in [0.1, 0.15) is 15.9 Å². The number of amides is 2. The lowest BCUT2D eigenvalue weighted by atomic mass is 10.0. The van der Waals surface area contributed by atoms with E-state index < -0.39 is 6.36 Å². The van der Waals surface area contributed by atoms with E-state index in [9.17, 15) is 22.8 Å². The number of fused-ring (bicyclic) bond motifs is 2. The highest BCUT2D eigenvalue weighted by molar-refractivity contribution is 5.97. The molecule has 3 aromatic rings. The molecule has 3 heterocycles. The van der Waals surface area contributed by atoms with E-state index in [1.807, 2.05) is 4.90 Å². The fourth-order valence-electron chi connectivity index (χ4n) is 4.55. The number of aromatic amines is 1. The highest BCUT2D eigenvalue weighted by Crippen LogP contribution is 2.32. The van der Waals surface area contributed by atoms with Crippen molar-refractivity contribution in [3.8, 4) is 5.75 Å². The minimum absolute atomic E-state index is 0.0602. The minimum atomic E-state index is -4.74. The number of benzene rings is 2.